The number of nitrogens with two attached hydrogens (primary N) is 2. The van der Waals surface area contributed by atoms with Crippen LogP contribution >= 0.6 is 23.2 Å². The third kappa shape index (κ3) is 9.84. The molecular weight excluding hydrogens is 605 g/mol. The second kappa shape index (κ2) is 14.6. The van der Waals surface area contributed by atoms with Crippen molar-refractivity contribution in [2.45, 2.75) is 25.2 Å². The summed E-state index contributed by atoms with van der Waals surface area (Å²) in [6, 6.07) is 20.9. The first-order valence-corrected chi connectivity index (χ1v) is 13.2. The summed E-state index contributed by atoms with van der Waals surface area (Å²) in [5, 5.41) is -0.707. The number of rotatable bonds is 8. The van der Waals surface area contributed by atoms with Crippen LogP contribution in [-0.2, 0) is 25.2 Å². The third-order valence-electron chi connectivity index (χ3n) is 5.67. The van der Waals surface area contributed by atoms with E-state index in [-0.39, 0.29) is 21.5 Å². The lowest BCUT2D eigenvalue weighted by molar-refractivity contribution is -0.138. The standard InChI is InChI=1S/2C15H13ClF3NO/c2*16-14-6-5-12(9-13(14)15(17,18)19)21-11-3-1-10(2-4-11)7-8-20/h2*1-6,9H,7-8,20H2. The molecule has 4 aromatic rings. The average molecular weight is 631 g/mol. The second-order valence-electron chi connectivity index (χ2n) is 8.85. The molecule has 0 heterocycles. The van der Waals surface area contributed by atoms with Crippen LogP contribution in [0.1, 0.15) is 22.3 Å². The summed E-state index contributed by atoms with van der Waals surface area (Å²) in [5.41, 5.74) is 11.1. The molecule has 0 radical (unpaired) electrons. The first-order valence-electron chi connectivity index (χ1n) is 12.5. The Morgan fingerprint density at radius 2 is 0.810 bits per heavy atom. The highest BCUT2D eigenvalue weighted by Crippen LogP contribution is 2.39. The van der Waals surface area contributed by atoms with Crippen LogP contribution in [0.25, 0.3) is 0 Å². The van der Waals surface area contributed by atoms with E-state index in [2.05, 4.69) is 0 Å². The molecule has 0 saturated heterocycles. The molecule has 4 nitrogen and oxygen atoms in total. The fraction of sp³-hybridized carbons (Fsp3) is 0.200. The largest absolute Gasteiger partial charge is 0.457 e. The summed E-state index contributed by atoms with van der Waals surface area (Å²) in [6.45, 7) is 1.07. The van der Waals surface area contributed by atoms with Gasteiger partial charge in [0.15, 0.2) is 0 Å². The van der Waals surface area contributed by atoms with Gasteiger partial charge in [0.2, 0.25) is 0 Å². The Hall–Kier alpha value is -3.44. The molecule has 4 rings (SSSR count). The van der Waals surface area contributed by atoms with Crippen molar-refractivity contribution in [3.05, 3.63) is 117 Å². The predicted octanol–water partition coefficient (Wildman–Crippen LogP) is 9.30. The molecule has 0 amide bonds. The molecule has 0 spiro atoms. The van der Waals surface area contributed by atoms with E-state index in [0.29, 0.717) is 24.6 Å². The van der Waals surface area contributed by atoms with Gasteiger partial charge in [0.1, 0.15) is 23.0 Å². The molecule has 0 aromatic heterocycles. The van der Waals surface area contributed by atoms with Crippen LogP contribution in [0.5, 0.6) is 23.0 Å². The van der Waals surface area contributed by atoms with Crippen molar-refractivity contribution in [1.82, 2.24) is 0 Å². The minimum atomic E-state index is -4.51. The normalized spacial score (nSPS) is 11.5. The van der Waals surface area contributed by atoms with Crippen LogP contribution in [-0.4, -0.2) is 13.1 Å². The van der Waals surface area contributed by atoms with E-state index in [1.807, 2.05) is 24.3 Å². The molecule has 0 saturated carbocycles. The van der Waals surface area contributed by atoms with Gasteiger partial charge >= 0.3 is 12.4 Å². The van der Waals surface area contributed by atoms with E-state index >= 15 is 0 Å². The van der Waals surface area contributed by atoms with Crippen LogP contribution < -0.4 is 20.9 Å². The van der Waals surface area contributed by atoms with E-state index in [4.69, 9.17) is 44.1 Å². The maximum atomic E-state index is 12.8. The molecule has 0 fully saturated rings. The maximum Gasteiger partial charge on any atom is 0.417 e. The van der Waals surface area contributed by atoms with Gasteiger partial charge < -0.3 is 20.9 Å². The Morgan fingerprint density at radius 1 is 0.500 bits per heavy atom. The van der Waals surface area contributed by atoms with Crippen molar-refractivity contribution in [3.8, 4) is 23.0 Å². The van der Waals surface area contributed by atoms with Gasteiger partial charge in [-0.05, 0) is 97.7 Å². The van der Waals surface area contributed by atoms with Crippen molar-refractivity contribution < 1.29 is 35.8 Å². The second-order valence-corrected chi connectivity index (χ2v) is 9.66. The molecule has 0 aliphatic rings. The fourth-order valence-electron chi connectivity index (χ4n) is 3.62. The molecule has 0 bridgehead atoms. The van der Waals surface area contributed by atoms with E-state index in [1.165, 1.54) is 24.3 Å². The highest BCUT2D eigenvalue weighted by molar-refractivity contribution is 6.31. The minimum absolute atomic E-state index is 0.0818. The topological polar surface area (TPSA) is 70.5 Å². The summed E-state index contributed by atoms with van der Waals surface area (Å²) in [4.78, 5) is 0. The number of hydrogen-bond acceptors (Lipinski definition) is 4. The summed E-state index contributed by atoms with van der Waals surface area (Å²) in [5.74, 6) is 1.06. The smallest absolute Gasteiger partial charge is 0.417 e. The molecule has 0 unspecified atom stereocenters. The van der Waals surface area contributed by atoms with Crippen molar-refractivity contribution in [2.75, 3.05) is 13.1 Å². The number of benzene rings is 4. The number of ether oxygens (including phenoxy) is 2. The monoisotopic (exact) mass is 630 g/mol. The molecule has 224 valence electrons. The number of hydrogen-bond donors (Lipinski definition) is 2. The first kappa shape index (κ1) is 33.1. The van der Waals surface area contributed by atoms with Gasteiger partial charge in [0.05, 0.1) is 21.2 Å². The Labute approximate surface area is 248 Å². The van der Waals surface area contributed by atoms with Crippen molar-refractivity contribution in [2.24, 2.45) is 11.5 Å². The van der Waals surface area contributed by atoms with Crippen LogP contribution in [0.2, 0.25) is 10.0 Å². The van der Waals surface area contributed by atoms with E-state index in [9.17, 15) is 26.3 Å². The van der Waals surface area contributed by atoms with E-state index < -0.39 is 23.5 Å². The summed E-state index contributed by atoms with van der Waals surface area (Å²) >= 11 is 11.1. The lowest BCUT2D eigenvalue weighted by Gasteiger charge is -2.12. The minimum Gasteiger partial charge on any atom is -0.457 e. The van der Waals surface area contributed by atoms with Crippen LogP contribution in [0.15, 0.2) is 84.9 Å². The molecule has 12 heteroatoms. The Kier molecular flexibility index (Phi) is 11.5. The lowest BCUT2D eigenvalue weighted by Crippen LogP contribution is -2.06. The number of alkyl halides is 6. The Bertz CT molecular complexity index is 1330. The zero-order valence-corrected chi connectivity index (χ0v) is 23.4. The molecule has 0 atom stereocenters. The summed E-state index contributed by atoms with van der Waals surface area (Å²) < 4.78 is 87.3. The Balaban J connectivity index is 0.000000230. The van der Waals surface area contributed by atoms with E-state index in [0.717, 1.165) is 36.1 Å². The molecule has 4 N–H and O–H groups in total. The zero-order valence-electron chi connectivity index (χ0n) is 21.9. The van der Waals surface area contributed by atoms with Gasteiger partial charge in [0.25, 0.3) is 0 Å². The Morgan fingerprint density at radius 3 is 1.10 bits per heavy atom. The van der Waals surface area contributed by atoms with Gasteiger partial charge in [-0.1, -0.05) is 47.5 Å². The van der Waals surface area contributed by atoms with Gasteiger partial charge in [0, 0.05) is 0 Å². The van der Waals surface area contributed by atoms with Gasteiger partial charge in [-0.3, -0.25) is 0 Å². The fourth-order valence-corrected chi connectivity index (χ4v) is 4.07. The van der Waals surface area contributed by atoms with Crippen molar-refractivity contribution in [3.63, 3.8) is 0 Å². The summed E-state index contributed by atoms with van der Waals surface area (Å²) in [7, 11) is 0. The molecule has 0 aliphatic carbocycles. The number of halogens is 8. The third-order valence-corrected chi connectivity index (χ3v) is 6.33. The maximum absolute atomic E-state index is 12.8. The average Bonchev–Trinajstić information content (AvgIpc) is 2.92. The molecule has 4 aromatic carbocycles. The molecule has 0 aliphatic heterocycles. The van der Waals surface area contributed by atoms with Crippen LogP contribution in [0.3, 0.4) is 0 Å². The molecular formula is C30H26Cl2F6N2O2. The first-order chi connectivity index (χ1) is 19.8. The zero-order chi connectivity index (χ0) is 30.9. The highest BCUT2D eigenvalue weighted by Gasteiger charge is 2.34. The summed E-state index contributed by atoms with van der Waals surface area (Å²) in [6.07, 6.45) is -7.55. The quantitative estimate of drug-likeness (QED) is 0.190. The van der Waals surface area contributed by atoms with Gasteiger partial charge in [-0.2, -0.15) is 26.3 Å². The predicted molar refractivity (Wildman–Crippen MR) is 151 cm³/mol. The SMILES string of the molecule is NCCc1ccc(Oc2ccc(Cl)c(C(F)(F)F)c2)cc1.NCCc1ccc(Oc2ccc(Cl)c(C(F)(F)F)c2)cc1. The van der Waals surface area contributed by atoms with Crippen molar-refractivity contribution in [1.29, 1.82) is 0 Å². The van der Waals surface area contributed by atoms with Gasteiger partial charge in [-0.15, -0.1) is 0 Å². The highest BCUT2D eigenvalue weighted by atomic mass is 35.5. The van der Waals surface area contributed by atoms with E-state index in [1.54, 1.807) is 24.3 Å². The van der Waals surface area contributed by atoms with Crippen molar-refractivity contribution >= 4 is 23.2 Å². The van der Waals surface area contributed by atoms with Gasteiger partial charge in [-0.25, -0.2) is 0 Å². The lowest BCUT2D eigenvalue weighted by atomic mass is 10.1. The molecule has 42 heavy (non-hydrogen) atoms. The van der Waals surface area contributed by atoms with Crippen LogP contribution in [0.4, 0.5) is 26.3 Å². The van der Waals surface area contributed by atoms with Crippen LogP contribution in [0, 0.1) is 0 Å².